The van der Waals surface area contributed by atoms with Crippen molar-refractivity contribution in [3.63, 3.8) is 0 Å². The van der Waals surface area contributed by atoms with Crippen molar-refractivity contribution in [3.8, 4) is 22.8 Å². The molecule has 0 aliphatic rings. The van der Waals surface area contributed by atoms with Gasteiger partial charge in [0.1, 0.15) is 5.82 Å². The first-order valence-corrected chi connectivity index (χ1v) is 6.17. The number of benzene rings is 2. The van der Waals surface area contributed by atoms with E-state index in [-0.39, 0.29) is 17.3 Å². The maximum absolute atomic E-state index is 13.6. The van der Waals surface area contributed by atoms with Crippen LogP contribution in [0.2, 0.25) is 5.02 Å². The van der Waals surface area contributed by atoms with Gasteiger partial charge in [-0.15, -0.1) is 0 Å². The molecule has 4 nitrogen and oxygen atoms in total. The average molecular weight is 290 g/mol. The van der Waals surface area contributed by atoms with Gasteiger partial charge in [-0.3, -0.25) is 0 Å². The highest BCUT2D eigenvalue weighted by Gasteiger charge is 2.14. The second-order valence-corrected chi connectivity index (χ2v) is 4.55. The molecule has 2 N–H and O–H groups in total. The van der Waals surface area contributed by atoms with Crippen LogP contribution in [0.25, 0.3) is 22.8 Å². The van der Waals surface area contributed by atoms with E-state index in [2.05, 4.69) is 10.1 Å². The van der Waals surface area contributed by atoms with Crippen LogP contribution in [0.4, 0.5) is 10.1 Å². The molecule has 0 saturated heterocycles. The molecule has 0 unspecified atom stereocenters. The van der Waals surface area contributed by atoms with Crippen LogP contribution < -0.4 is 5.73 Å². The van der Waals surface area contributed by atoms with E-state index in [1.54, 1.807) is 36.4 Å². The van der Waals surface area contributed by atoms with Gasteiger partial charge in [0.25, 0.3) is 5.89 Å². The van der Waals surface area contributed by atoms with Crippen LogP contribution in [0.15, 0.2) is 47.0 Å². The normalized spacial score (nSPS) is 10.7. The first-order chi connectivity index (χ1) is 9.65. The second-order valence-electron chi connectivity index (χ2n) is 4.14. The van der Waals surface area contributed by atoms with Gasteiger partial charge in [0, 0.05) is 5.56 Å². The van der Waals surface area contributed by atoms with E-state index in [0.717, 1.165) is 0 Å². The second kappa shape index (κ2) is 4.94. The Hall–Kier alpha value is -2.40. The van der Waals surface area contributed by atoms with Crippen molar-refractivity contribution in [1.82, 2.24) is 10.1 Å². The van der Waals surface area contributed by atoms with E-state index in [4.69, 9.17) is 21.9 Å². The van der Waals surface area contributed by atoms with Gasteiger partial charge in [0.15, 0.2) is 0 Å². The predicted molar refractivity (Wildman–Crippen MR) is 74.6 cm³/mol. The van der Waals surface area contributed by atoms with Gasteiger partial charge in [-0.1, -0.05) is 28.9 Å². The van der Waals surface area contributed by atoms with Crippen LogP contribution in [-0.4, -0.2) is 10.1 Å². The standard InChI is InChI=1S/C14H9ClFN3O/c15-10-6-5-8(7-12(10)17)14-18-13(19-20-14)9-3-1-2-4-11(9)16/h1-7H,17H2. The summed E-state index contributed by atoms with van der Waals surface area (Å²) in [5.41, 5.74) is 7.04. The summed E-state index contributed by atoms with van der Waals surface area (Å²) in [6.45, 7) is 0. The molecule has 1 aromatic heterocycles. The van der Waals surface area contributed by atoms with Crippen molar-refractivity contribution >= 4 is 17.3 Å². The van der Waals surface area contributed by atoms with Crippen LogP contribution in [0.5, 0.6) is 0 Å². The van der Waals surface area contributed by atoms with E-state index < -0.39 is 5.82 Å². The fraction of sp³-hybridized carbons (Fsp3) is 0. The van der Waals surface area contributed by atoms with E-state index in [1.165, 1.54) is 6.07 Å². The monoisotopic (exact) mass is 289 g/mol. The van der Waals surface area contributed by atoms with E-state index in [9.17, 15) is 4.39 Å². The van der Waals surface area contributed by atoms with E-state index in [1.807, 2.05) is 0 Å². The molecule has 0 aliphatic heterocycles. The molecule has 0 amide bonds. The highest BCUT2D eigenvalue weighted by molar-refractivity contribution is 6.33. The Morgan fingerprint density at radius 1 is 1.15 bits per heavy atom. The SMILES string of the molecule is Nc1cc(-c2nc(-c3ccccc3F)no2)ccc1Cl. The summed E-state index contributed by atoms with van der Waals surface area (Å²) < 4.78 is 18.8. The zero-order valence-corrected chi connectivity index (χ0v) is 10.9. The molecule has 0 atom stereocenters. The smallest absolute Gasteiger partial charge is 0.258 e. The summed E-state index contributed by atoms with van der Waals surface area (Å²) in [5.74, 6) is 0.0358. The topological polar surface area (TPSA) is 64.9 Å². The Labute approximate surface area is 119 Å². The summed E-state index contributed by atoms with van der Waals surface area (Å²) in [6.07, 6.45) is 0. The Morgan fingerprint density at radius 2 is 1.95 bits per heavy atom. The molecule has 3 rings (SSSR count). The molecule has 20 heavy (non-hydrogen) atoms. The molecule has 0 radical (unpaired) electrons. The number of hydrogen-bond acceptors (Lipinski definition) is 4. The largest absolute Gasteiger partial charge is 0.398 e. The minimum Gasteiger partial charge on any atom is -0.398 e. The summed E-state index contributed by atoms with van der Waals surface area (Å²) >= 11 is 5.85. The molecule has 0 aliphatic carbocycles. The first-order valence-electron chi connectivity index (χ1n) is 5.79. The van der Waals surface area contributed by atoms with Crippen LogP contribution in [0, 0.1) is 5.82 Å². The lowest BCUT2D eigenvalue weighted by Gasteiger charge is -1.99. The number of nitrogen functional groups attached to an aromatic ring is 1. The minimum absolute atomic E-state index is 0.187. The molecule has 0 spiro atoms. The number of aromatic nitrogens is 2. The lowest BCUT2D eigenvalue weighted by molar-refractivity contribution is 0.432. The van der Waals surface area contributed by atoms with Crippen molar-refractivity contribution in [2.24, 2.45) is 0 Å². The number of nitrogens with two attached hydrogens (primary N) is 1. The van der Waals surface area contributed by atoms with Crippen molar-refractivity contribution < 1.29 is 8.91 Å². The minimum atomic E-state index is -0.407. The van der Waals surface area contributed by atoms with Crippen LogP contribution >= 0.6 is 11.6 Å². The number of hydrogen-bond donors (Lipinski definition) is 1. The Kier molecular flexibility index (Phi) is 3.12. The molecule has 0 bridgehead atoms. The third-order valence-electron chi connectivity index (χ3n) is 2.78. The molecule has 3 aromatic rings. The fourth-order valence-corrected chi connectivity index (χ4v) is 1.89. The van der Waals surface area contributed by atoms with Crippen molar-refractivity contribution in [2.45, 2.75) is 0 Å². The van der Waals surface area contributed by atoms with Gasteiger partial charge < -0.3 is 10.3 Å². The molecule has 100 valence electrons. The number of rotatable bonds is 2. The predicted octanol–water partition coefficient (Wildman–Crippen LogP) is 3.78. The first kappa shape index (κ1) is 12.6. The molecule has 0 fully saturated rings. The molecular weight excluding hydrogens is 281 g/mol. The van der Waals surface area contributed by atoms with Gasteiger partial charge in [0.05, 0.1) is 16.3 Å². The Balaban J connectivity index is 2.02. The van der Waals surface area contributed by atoms with Crippen molar-refractivity contribution in [2.75, 3.05) is 5.73 Å². The van der Waals surface area contributed by atoms with E-state index >= 15 is 0 Å². The molecule has 0 saturated carbocycles. The molecule has 2 aromatic carbocycles. The quantitative estimate of drug-likeness (QED) is 0.729. The van der Waals surface area contributed by atoms with Gasteiger partial charge in [0.2, 0.25) is 5.82 Å². The molecule has 1 heterocycles. The zero-order valence-electron chi connectivity index (χ0n) is 10.2. The molecular formula is C14H9ClFN3O. The highest BCUT2D eigenvalue weighted by Crippen LogP contribution is 2.27. The van der Waals surface area contributed by atoms with Crippen LogP contribution in [0.1, 0.15) is 0 Å². The highest BCUT2D eigenvalue weighted by atomic mass is 35.5. The zero-order chi connectivity index (χ0) is 14.1. The Bertz CT molecular complexity index is 773. The van der Waals surface area contributed by atoms with Crippen molar-refractivity contribution in [3.05, 3.63) is 53.3 Å². The van der Waals surface area contributed by atoms with Gasteiger partial charge in [-0.25, -0.2) is 4.39 Å². The van der Waals surface area contributed by atoms with Crippen LogP contribution in [-0.2, 0) is 0 Å². The van der Waals surface area contributed by atoms with Gasteiger partial charge in [-0.2, -0.15) is 4.98 Å². The number of nitrogens with zero attached hydrogens (tertiary/aromatic N) is 2. The summed E-state index contributed by atoms with van der Waals surface area (Å²) in [4.78, 5) is 4.17. The molecule has 6 heteroatoms. The summed E-state index contributed by atoms with van der Waals surface area (Å²) in [6, 6.07) is 11.2. The van der Waals surface area contributed by atoms with Gasteiger partial charge >= 0.3 is 0 Å². The van der Waals surface area contributed by atoms with Crippen molar-refractivity contribution in [1.29, 1.82) is 0 Å². The fourth-order valence-electron chi connectivity index (χ4n) is 1.77. The third-order valence-corrected chi connectivity index (χ3v) is 3.13. The lowest BCUT2D eigenvalue weighted by Crippen LogP contribution is -1.88. The maximum atomic E-state index is 13.6. The summed E-state index contributed by atoms with van der Waals surface area (Å²) in [7, 11) is 0. The third kappa shape index (κ3) is 2.23. The maximum Gasteiger partial charge on any atom is 0.258 e. The van der Waals surface area contributed by atoms with Gasteiger partial charge in [-0.05, 0) is 30.3 Å². The summed E-state index contributed by atoms with van der Waals surface area (Å²) in [5, 5.41) is 4.22. The average Bonchev–Trinajstić information content (AvgIpc) is 2.92. The van der Waals surface area contributed by atoms with Crippen LogP contribution in [0.3, 0.4) is 0 Å². The Morgan fingerprint density at radius 3 is 2.70 bits per heavy atom. The lowest BCUT2D eigenvalue weighted by atomic mass is 10.2. The van der Waals surface area contributed by atoms with E-state index in [0.29, 0.717) is 16.3 Å². The number of halogens is 2. The number of anilines is 1.